The minimum Gasteiger partial charge on any atom is -0.618 e. The van der Waals surface area contributed by atoms with Crippen LogP contribution in [0.4, 0.5) is 0 Å². The Labute approximate surface area is 93.1 Å². The van der Waals surface area contributed by atoms with Crippen molar-refractivity contribution in [3.8, 4) is 0 Å². The highest BCUT2D eigenvalue weighted by Crippen LogP contribution is 2.10. The molecule has 2 nitrogen and oxygen atoms in total. The average molecular weight is 230 g/mol. The molecule has 0 saturated carbocycles. The molecule has 14 heavy (non-hydrogen) atoms. The van der Waals surface area contributed by atoms with E-state index >= 15 is 0 Å². The van der Waals surface area contributed by atoms with Crippen LogP contribution in [0.25, 0.3) is 10.9 Å². The van der Waals surface area contributed by atoms with E-state index in [2.05, 4.69) is 0 Å². The molecule has 2 rings (SSSR count). The van der Waals surface area contributed by atoms with Crippen LogP contribution in [0.15, 0.2) is 36.4 Å². The summed E-state index contributed by atoms with van der Waals surface area (Å²) in [5.74, 6) is 0.244. The van der Waals surface area contributed by atoms with Crippen molar-refractivity contribution in [1.82, 2.24) is 0 Å². The van der Waals surface area contributed by atoms with Crippen LogP contribution in [-0.4, -0.2) is 0 Å². The largest absolute Gasteiger partial charge is 0.618 e. The Morgan fingerprint density at radius 2 is 1.86 bits per heavy atom. The lowest BCUT2D eigenvalue weighted by molar-refractivity contribution is -0.584. The van der Waals surface area contributed by atoms with Crippen molar-refractivity contribution >= 4 is 34.9 Å². The van der Waals surface area contributed by atoms with Crippen LogP contribution >= 0.6 is 24.0 Å². The first-order valence-electron chi connectivity index (χ1n) is 3.99. The fourth-order valence-corrected chi connectivity index (χ4v) is 1.52. The Morgan fingerprint density at radius 1 is 1.14 bits per heavy atom. The van der Waals surface area contributed by atoms with E-state index in [9.17, 15) is 5.21 Å². The first-order valence-corrected chi connectivity index (χ1v) is 4.52. The van der Waals surface area contributed by atoms with E-state index in [-0.39, 0.29) is 18.3 Å². The van der Waals surface area contributed by atoms with Crippen molar-refractivity contribution in [2.24, 2.45) is 0 Å². The monoisotopic (exact) mass is 229 g/mol. The van der Waals surface area contributed by atoms with Crippen LogP contribution in [0.5, 0.6) is 0 Å². The molecule has 0 amide bonds. The summed E-state index contributed by atoms with van der Waals surface area (Å²) in [6.07, 6.45) is 0. The molecular weight excluding hydrogens is 221 g/mol. The molecule has 0 fully saturated rings. The maximum Gasteiger partial charge on any atom is 0.224 e. The molecule has 0 aliphatic rings. The molecule has 74 valence electrons. The maximum atomic E-state index is 11.6. The lowest BCUT2D eigenvalue weighted by Gasteiger charge is -2.04. The van der Waals surface area contributed by atoms with E-state index in [1.54, 1.807) is 12.1 Å². The summed E-state index contributed by atoms with van der Waals surface area (Å²) in [5, 5.41) is 12.5. The van der Waals surface area contributed by atoms with E-state index in [1.165, 1.54) is 0 Å². The summed E-state index contributed by atoms with van der Waals surface area (Å²) >= 11 is 5.61. The molecule has 1 aromatic carbocycles. The van der Waals surface area contributed by atoms with Crippen molar-refractivity contribution in [2.75, 3.05) is 0 Å². The molecule has 0 spiro atoms. The van der Waals surface area contributed by atoms with Gasteiger partial charge >= 0.3 is 0 Å². The van der Waals surface area contributed by atoms with Gasteiger partial charge in [0.15, 0.2) is 0 Å². The van der Waals surface area contributed by atoms with Gasteiger partial charge in [-0.15, -0.1) is 24.0 Å². The van der Waals surface area contributed by atoms with Crippen LogP contribution in [0.3, 0.4) is 0 Å². The second kappa shape index (κ2) is 4.49. The van der Waals surface area contributed by atoms with Gasteiger partial charge in [0, 0.05) is 17.5 Å². The van der Waals surface area contributed by atoms with E-state index in [0.29, 0.717) is 11.2 Å². The number of pyridine rings is 1. The van der Waals surface area contributed by atoms with Gasteiger partial charge in [-0.25, -0.2) is 0 Å². The van der Waals surface area contributed by atoms with Gasteiger partial charge in [0.2, 0.25) is 11.2 Å². The first kappa shape index (κ1) is 11.1. The smallest absolute Gasteiger partial charge is 0.224 e. The van der Waals surface area contributed by atoms with Gasteiger partial charge in [-0.3, -0.25) is 0 Å². The predicted octanol–water partition coefficient (Wildman–Crippen LogP) is 2.63. The number of fused-ring (bicyclic) bond motifs is 1. The highest BCUT2D eigenvalue weighted by Gasteiger charge is 2.07. The molecule has 0 unspecified atom stereocenters. The first-order chi connectivity index (χ1) is 6.33. The van der Waals surface area contributed by atoms with Gasteiger partial charge in [-0.2, -0.15) is 4.73 Å². The van der Waals surface area contributed by atoms with Crippen LogP contribution in [0.1, 0.15) is 5.69 Å². The topological polar surface area (TPSA) is 26.9 Å². The van der Waals surface area contributed by atoms with Gasteiger partial charge in [0.25, 0.3) is 0 Å². The predicted molar refractivity (Wildman–Crippen MR) is 59.7 cm³/mol. The molecule has 0 radical (unpaired) electrons. The minimum atomic E-state index is 0. The molecule has 1 aromatic heterocycles. The van der Waals surface area contributed by atoms with Crippen molar-refractivity contribution in [3.05, 3.63) is 47.3 Å². The average Bonchev–Trinajstić information content (AvgIpc) is 2.19. The second-order valence-corrected chi connectivity index (χ2v) is 3.08. The standard InChI is InChI=1S/C10H8ClNO.ClH/c11-7-9-6-5-8-3-1-2-4-10(8)12(9)13;/h1-6H,7H2;1H. The molecule has 0 saturated heterocycles. The van der Waals surface area contributed by atoms with E-state index < -0.39 is 0 Å². The summed E-state index contributed by atoms with van der Waals surface area (Å²) in [6.45, 7) is 0. The SMILES string of the molecule is Cl.[O-][n+]1c(CCl)ccc2ccccc21. The molecule has 4 heteroatoms. The molecule has 0 aliphatic carbocycles. The van der Waals surface area contributed by atoms with Crippen LogP contribution in [0, 0.1) is 5.21 Å². The summed E-state index contributed by atoms with van der Waals surface area (Å²) in [4.78, 5) is 0. The number of hydrogen-bond donors (Lipinski definition) is 0. The van der Waals surface area contributed by atoms with Gasteiger partial charge < -0.3 is 5.21 Å². The fourth-order valence-electron chi connectivity index (χ4n) is 1.32. The summed E-state index contributed by atoms with van der Waals surface area (Å²) < 4.78 is 0.877. The number of nitrogens with zero attached hydrogens (tertiary/aromatic N) is 1. The normalized spacial score (nSPS) is 9.79. The van der Waals surface area contributed by atoms with Gasteiger partial charge in [-0.1, -0.05) is 12.1 Å². The van der Waals surface area contributed by atoms with Crippen molar-refractivity contribution in [3.63, 3.8) is 0 Å². The molecule has 0 bridgehead atoms. The third kappa shape index (κ3) is 1.76. The third-order valence-corrected chi connectivity index (χ3v) is 2.28. The fraction of sp³-hybridized carbons (Fsp3) is 0.100. The van der Waals surface area contributed by atoms with Crippen molar-refractivity contribution in [2.45, 2.75) is 5.88 Å². The summed E-state index contributed by atoms with van der Waals surface area (Å²) in [5.41, 5.74) is 1.25. The number of para-hydroxylation sites is 1. The minimum absolute atomic E-state index is 0. The molecule has 0 aliphatic heterocycles. The quantitative estimate of drug-likeness (QED) is 0.420. The van der Waals surface area contributed by atoms with Gasteiger partial charge in [0.05, 0.1) is 0 Å². The number of benzene rings is 1. The van der Waals surface area contributed by atoms with E-state index in [1.807, 2.05) is 24.3 Å². The molecule has 2 aromatic rings. The Morgan fingerprint density at radius 3 is 2.57 bits per heavy atom. The third-order valence-electron chi connectivity index (χ3n) is 2.01. The Bertz CT molecular complexity index is 445. The van der Waals surface area contributed by atoms with E-state index in [0.717, 1.165) is 10.1 Å². The second-order valence-electron chi connectivity index (χ2n) is 2.81. The summed E-state index contributed by atoms with van der Waals surface area (Å²) in [6, 6.07) is 11.1. The van der Waals surface area contributed by atoms with Gasteiger partial charge in [0.1, 0.15) is 5.88 Å². The van der Waals surface area contributed by atoms with Crippen molar-refractivity contribution in [1.29, 1.82) is 0 Å². The lowest BCUT2D eigenvalue weighted by Crippen LogP contribution is -2.31. The summed E-state index contributed by atoms with van der Waals surface area (Å²) in [7, 11) is 0. The number of aromatic nitrogens is 1. The zero-order chi connectivity index (χ0) is 9.26. The molecular formula is C10H9Cl2NO. The van der Waals surface area contributed by atoms with E-state index in [4.69, 9.17) is 11.6 Å². The van der Waals surface area contributed by atoms with Crippen molar-refractivity contribution < 1.29 is 4.73 Å². The Kier molecular flexibility index (Phi) is 3.55. The van der Waals surface area contributed by atoms with Crippen LogP contribution < -0.4 is 4.73 Å². The molecule has 0 atom stereocenters. The maximum absolute atomic E-state index is 11.6. The number of alkyl halides is 1. The Hall–Kier alpha value is -0.990. The number of rotatable bonds is 1. The zero-order valence-corrected chi connectivity index (χ0v) is 8.89. The highest BCUT2D eigenvalue weighted by molar-refractivity contribution is 6.16. The van der Waals surface area contributed by atoms with Crippen LogP contribution in [-0.2, 0) is 5.88 Å². The van der Waals surface area contributed by atoms with Gasteiger partial charge in [-0.05, 0) is 12.1 Å². The number of hydrogen-bond acceptors (Lipinski definition) is 1. The Balaban J connectivity index is 0.000000980. The highest BCUT2D eigenvalue weighted by atomic mass is 35.5. The molecule has 0 N–H and O–H groups in total. The molecule has 1 heterocycles. The lowest BCUT2D eigenvalue weighted by atomic mass is 10.2. The zero-order valence-electron chi connectivity index (χ0n) is 7.31. The van der Waals surface area contributed by atoms with Crippen LogP contribution in [0.2, 0.25) is 0 Å². The number of halogens is 2.